The van der Waals surface area contributed by atoms with Crippen molar-refractivity contribution in [3.05, 3.63) is 18.1 Å². The van der Waals surface area contributed by atoms with Gasteiger partial charge in [0.05, 0.1) is 6.61 Å². The molecule has 5 nitrogen and oxygen atoms in total. The number of hydrogen-bond acceptors (Lipinski definition) is 5. The first-order valence-electron chi connectivity index (χ1n) is 5.98. The van der Waals surface area contributed by atoms with Crippen LogP contribution in [-0.4, -0.2) is 59.3 Å². The minimum Gasteiger partial charge on any atom is -0.395 e. The van der Waals surface area contributed by atoms with Gasteiger partial charge in [0.2, 0.25) is 0 Å². The predicted octanol–water partition coefficient (Wildman–Crippen LogP) is 0.610. The van der Waals surface area contributed by atoms with E-state index in [-0.39, 0.29) is 6.61 Å². The molecule has 2 heterocycles. The van der Waals surface area contributed by atoms with Gasteiger partial charge < -0.3 is 10.0 Å². The number of rotatable bonds is 3. The average molecular weight is 276 g/mol. The summed E-state index contributed by atoms with van der Waals surface area (Å²) >= 11 is 0. The van der Waals surface area contributed by atoms with Crippen LogP contribution in [0.3, 0.4) is 0 Å². The molecule has 0 aliphatic carbocycles. The Kier molecular flexibility index (Phi) is 4.20. The van der Waals surface area contributed by atoms with E-state index >= 15 is 0 Å². The smallest absolute Gasteiger partial charge is 0.395 e. The van der Waals surface area contributed by atoms with Gasteiger partial charge in [-0.05, 0) is 0 Å². The predicted molar refractivity (Wildman–Crippen MR) is 62.8 cm³/mol. The first kappa shape index (κ1) is 14.0. The maximum Gasteiger partial charge on any atom is 0.433 e. The summed E-state index contributed by atoms with van der Waals surface area (Å²) in [6.45, 7) is 3.26. The van der Waals surface area contributed by atoms with Crippen LogP contribution in [0.25, 0.3) is 0 Å². The van der Waals surface area contributed by atoms with Crippen molar-refractivity contribution in [3.63, 3.8) is 0 Å². The third-order valence-electron chi connectivity index (χ3n) is 3.06. The number of aliphatic hydroxyl groups is 1. The maximum absolute atomic E-state index is 12.6. The number of nitrogens with zero attached hydrogens (tertiary/aromatic N) is 4. The van der Waals surface area contributed by atoms with Gasteiger partial charge in [0, 0.05) is 38.8 Å². The number of aliphatic hydroxyl groups excluding tert-OH is 1. The molecule has 106 valence electrons. The molecule has 8 heteroatoms. The van der Waals surface area contributed by atoms with Crippen molar-refractivity contribution in [1.29, 1.82) is 0 Å². The lowest BCUT2D eigenvalue weighted by Gasteiger charge is -2.35. The zero-order valence-electron chi connectivity index (χ0n) is 10.3. The van der Waals surface area contributed by atoms with E-state index in [9.17, 15) is 13.2 Å². The third-order valence-corrected chi connectivity index (χ3v) is 3.06. The molecule has 1 aliphatic rings. The molecule has 1 fully saturated rings. The molecule has 0 radical (unpaired) electrons. The summed E-state index contributed by atoms with van der Waals surface area (Å²) in [5.41, 5.74) is -0.921. The number of piperazine rings is 1. The maximum atomic E-state index is 12.6. The van der Waals surface area contributed by atoms with Gasteiger partial charge >= 0.3 is 6.18 Å². The van der Waals surface area contributed by atoms with E-state index in [0.717, 1.165) is 12.4 Å². The number of hydrogen-bond donors (Lipinski definition) is 1. The van der Waals surface area contributed by atoms with Crippen molar-refractivity contribution < 1.29 is 18.3 Å². The van der Waals surface area contributed by atoms with Gasteiger partial charge in [-0.25, -0.2) is 9.97 Å². The molecule has 2 rings (SSSR count). The van der Waals surface area contributed by atoms with E-state index in [1.807, 2.05) is 0 Å². The molecule has 1 saturated heterocycles. The highest BCUT2D eigenvalue weighted by atomic mass is 19.4. The van der Waals surface area contributed by atoms with Crippen LogP contribution in [0, 0.1) is 0 Å². The first-order valence-corrected chi connectivity index (χ1v) is 5.98. The molecule has 0 aromatic carbocycles. The second kappa shape index (κ2) is 5.70. The first-order chi connectivity index (χ1) is 9.00. The lowest BCUT2D eigenvalue weighted by Crippen LogP contribution is -2.47. The van der Waals surface area contributed by atoms with Crippen LogP contribution in [0.1, 0.15) is 5.69 Å². The summed E-state index contributed by atoms with van der Waals surface area (Å²) in [7, 11) is 0. The van der Waals surface area contributed by atoms with Gasteiger partial charge in [0.1, 0.15) is 17.8 Å². The highest BCUT2D eigenvalue weighted by Gasteiger charge is 2.33. The molecule has 1 N–H and O–H groups in total. The average Bonchev–Trinajstić information content (AvgIpc) is 2.39. The summed E-state index contributed by atoms with van der Waals surface area (Å²) in [5.74, 6) is 0.297. The Balaban J connectivity index is 2.03. The molecule has 1 aromatic rings. The van der Waals surface area contributed by atoms with E-state index < -0.39 is 11.9 Å². The van der Waals surface area contributed by atoms with Gasteiger partial charge in [-0.3, -0.25) is 4.90 Å². The number of alkyl halides is 3. The largest absolute Gasteiger partial charge is 0.433 e. The molecule has 0 atom stereocenters. The van der Waals surface area contributed by atoms with Gasteiger partial charge in [0.25, 0.3) is 0 Å². The van der Waals surface area contributed by atoms with E-state index in [0.29, 0.717) is 38.5 Å². The molecule has 19 heavy (non-hydrogen) atoms. The van der Waals surface area contributed by atoms with E-state index in [2.05, 4.69) is 14.9 Å². The second-order valence-electron chi connectivity index (χ2n) is 4.31. The Bertz CT molecular complexity index is 419. The zero-order valence-corrected chi connectivity index (χ0v) is 10.3. The molecule has 0 bridgehead atoms. The quantitative estimate of drug-likeness (QED) is 0.876. The fourth-order valence-electron chi connectivity index (χ4n) is 2.02. The molecular formula is C11H15F3N4O. The lowest BCUT2D eigenvalue weighted by atomic mass is 10.3. The van der Waals surface area contributed by atoms with Crippen molar-refractivity contribution >= 4 is 5.82 Å². The van der Waals surface area contributed by atoms with E-state index in [1.54, 1.807) is 4.90 Å². The Labute approximate surface area is 108 Å². The van der Waals surface area contributed by atoms with Crippen LogP contribution in [0.4, 0.5) is 19.0 Å². The van der Waals surface area contributed by atoms with Crippen LogP contribution < -0.4 is 4.90 Å². The Morgan fingerprint density at radius 1 is 1.16 bits per heavy atom. The Hall–Kier alpha value is -1.41. The van der Waals surface area contributed by atoms with Crippen LogP contribution in [0.15, 0.2) is 12.4 Å². The fraction of sp³-hybridized carbons (Fsp3) is 0.636. The fourth-order valence-corrected chi connectivity index (χ4v) is 2.02. The Morgan fingerprint density at radius 2 is 1.84 bits per heavy atom. The topological polar surface area (TPSA) is 52.5 Å². The summed E-state index contributed by atoms with van der Waals surface area (Å²) in [6.07, 6.45) is -3.51. The highest BCUT2D eigenvalue weighted by molar-refractivity contribution is 5.40. The molecule has 0 amide bonds. The van der Waals surface area contributed by atoms with Crippen LogP contribution >= 0.6 is 0 Å². The van der Waals surface area contributed by atoms with Gasteiger partial charge in [-0.15, -0.1) is 0 Å². The summed E-state index contributed by atoms with van der Waals surface area (Å²) in [6, 6.07) is 0.974. The second-order valence-corrected chi connectivity index (χ2v) is 4.31. The molecule has 0 spiro atoms. The van der Waals surface area contributed by atoms with Crippen LogP contribution in [0.5, 0.6) is 0 Å². The molecule has 1 aliphatic heterocycles. The summed E-state index contributed by atoms with van der Waals surface area (Å²) in [5, 5.41) is 8.83. The van der Waals surface area contributed by atoms with Crippen molar-refractivity contribution in [2.24, 2.45) is 0 Å². The number of β-amino-alcohol motifs (C(OH)–C–C–N with tert-alkyl or cyclic N) is 1. The molecule has 0 unspecified atom stereocenters. The SMILES string of the molecule is OCCN1CCN(c2cc(C(F)(F)F)ncn2)CC1. The standard InChI is InChI=1S/C11H15F3N4O/c12-11(13,14)9-7-10(16-8-15-9)18-3-1-17(2-4-18)5-6-19/h7-8,19H,1-6H2. The number of halogens is 3. The van der Waals surface area contributed by atoms with Crippen LogP contribution in [0.2, 0.25) is 0 Å². The third kappa shape index (κ3) is 3.54. The van der Waals surface area contributed by atoms with Crippen molar-refractivity contribution in [2.75, 3.05) is 44.2 Å². The van der Waals surface area contributed by atoms with E-state index in [1.165, 1.54) is 0 Å². The molecule has 1 aromatic heterocycles. The summed E-state index contributed by atoms with van der Waals surface area (Å²) < 4.78 is 37.7. The van der Waals surface area contributed by atoms with Gasteiger partial charge in [-0.2, -0.15) is 13.2 Å². The van der Waals surface area contributed by atoms with E-state index in [4.69, 9.17) is 5.11 Å². The van der Waals surface area contributed by atoms with Crippen molar-refractivity contribution in [2.45, 2.75) is 6.18 Å². The van der Waals surface area contributed by atoms with Crippen molar-refractivity contribution in [1.82, 2.24) is 14.9 Å². The lowest BCUT2D eigenvalue weighted by molar-refractivity contribution is -0.141. The number of anilines is 1. The molecular weight excluding hydrogens is 261 g/mol. The van der Waals surface area contributed by atoms with Gasteiger partial charge in [-0.1, -0.05) is 0 Å². The van der Waals surface area contributed by atoms with Gasteiger partial charge in [0.15, 0.2) is 0 Å². The normalized spacial score (nSPS) is 17.8. The van der Waals surface area contributed by atoms with Crippen molar-refractivity contribution in [3.8, 4) is 0 Å². The Morgan fingerprint density at radius 3 is 2.42 bits per heavy atom. The highest BCUT2D eigenvalue weighted by Crippen LogP contribution is 2.29. The molecule has 0 saturated carbocycles. The minimum atomic E-state index is -4.45. The monoisotopic (exact) mass is 276 g/mol. The summed E-state index contributed by atoms with van der Waals surface area (Å²) in [4.78, 5) is 11.0. The number of aromatic nitrogens is 2. The van der Waals surface area contributed by atoms with Crippen LogP contribution in [-0.2, 0) is 6.18 Å². The zero-order chi connectivity index (χ0) is 13.9. The minimum absolute atomic E-state index is 0.0890.